The molecule has 9 aromatic rings. The second-order valence-corrected chi connectivity index (χ2v) is 12.0. The summed E-state index contributed by atoms with van der Waals surface area (Å²) in [6.45, 7) is 0. The van der Waals surface area contributed by atoms with Crippen molar-refractivity contribution in [2.75, 3.05) is 4.90 Å². The van der Waals surface area contributed by atoms with Crippen LogP contribution < -0.4 is 4.90 Å². The second kappa shape index (κ2) is 9.59. The van der Waals surface area contributed by atoms with Crippen molar-refractivity contribution in [1.29, 1.82) is 0 Å². The van der Waals surface area contributed by atoms with Gasteiger partial charge in [0.2, 0.25) is 0 Å². The predicted octanol–water partition coefficient (Wildman–Crippen LogP) is 12.2. The number of nitrogens with zero attached hydrogens (tertiary/aromatic N) is 1. The first-order valence-corrected chi connectivity index (χ1v) is 15.3. The molecule has 0 radical (unpaired) electrons. The van der Waals surface area contributed by atoms with E-state index in [9.17, 15) is 0 Å². The van der Waals surface area contributed by atoms with Crippen molar-refractivity contribution >= 4 is 81.3 Å². The van der Waals surface area contributed by atoms with Crippen LogP contribution in [-0.4, -0.2) is 0 Å². The number of anilines is 3. The van der Waals surface area contributed by atoms with Crippen LogP contribution in [0, 0.1) is 0 Å². The lowest BCUT2D eigenvalue weighted by Gasteiger charge is -2.27. The van der Waals surface area contributed by atoms with Gasteiger partial charge < -0.3 is 9.32 Å². The molecule has 7 aromatic carbocycles. The number of para-hydroxylation sites is 2. The third kappa shape index (κ3) is 3.79. The van der Waals surface area contributed by atoms with E-state index in [-0.39, 0.29) is 0 Å². The zero-order valence-corrected chi connectivity index (χ0v) is 24.0. The summed E-state index contributed by atoms with van der Waals surface area (Å²) < 4.78 is 9.04. The predicted molar refractivity (Wildman–Crippen MR) is 184 cm³/mol. The molecule has 2 aromatic heterocycles. The van der Waals surface area contributed by atoms with Gasteiger partial charge in [0.05, 0.1) is 5.69 Å². The van der Waals surface area contributed by atoms with Crippen LogP contribution in [0.2, 0.25) is 0 Å². The van der Waals surface area contributed by atoms with Gasteiger partial charge in [-0.25, -0.2) is 0 Å². The Bertz CT molecular complexity index is 2450. The standard InChI is InChI=1S/C40H25NOS/c1-2-13-28(14-3-1)41(35-18-10-12-26-11-4-5-15-30(26)35)29-23-21-27(22-24-29)33-25-34-31-16-6-8-19-36(31)42-39(34)38-32-17-7-9-20-37(32)43-40(33)38/h1-25H. The SMILES string of the molecule is c1ccc(N(c2ccc(-c3cc4c5ccccc5oc4c4c3sc3ccccc34)cc2)c2cccc3ccccc23)cc1. The summed E-state index contributed by atoms with van der Waals surface area (Å²) in [4.78, 5) is 2.36. The number of fused-ring (bicyclic) bond motifs is 8. The van der Waals surface area contributed by atoms with E-state index in [0.29, 0.717) is 0 Å². The van der Waals surface area contributed by atoms with E-state index >= 15 is 0 Å². The van der Waals surface area contributed by atoms with Gasteiger partial charge in [0.15, 0.2) is 0 Å². The second-order valence-electron chi connectivity index (χ2n) is 10.9. The molecule has 2 nitrogen and oxygen atoms in total. The number of rotatable bonds is 4. The van der Waals surface area contributed by atoms with Crippen molar-refractivity contribution in [3.8, 4) is 11.1 Å². The monoisotopic (exact) mass is 567 g/mol. The maximum atomic E-state index is 6.51. The number of furan rings is 1. The van der Waals surface area contributed by atoms with Crippen LogP contribution in [-0.2, 0) is 0 Å². The van der Waals surface area contributed by atoms with Crippen LogP contribution in [0.5, 0.6) is 0 Å². The smallest absolute Gasteiger partial charge is 0.144 e. The van der Waals surface area contributed by atoms with Gasteiger partial charge in [-0.1, -0.05) is 103 Å². The summed E-state index contributed by atoms with van der Waals surface area (Å²) in [5.41, 5.74) is 7.74. The molecule has 0 atom stereocenters. The molecule has 0 spiro atoms. The zero-order chi connectivity index (χ0) is 28.3. The Morgan fingerprint density at radius 1 is 0.512 bits per heavy atom. The molecule has 0 aliphatic carbocycles. The largest absolute Gasteiger partial charge is 0.455 e. The van der Waals surface area contributed by atoms with E-state index in [1.807, 2.05) is 17.4 Å². The molecular formula is C40H25NOS. The van der Waals surface area contributed by atoms with Crippen molar-refractivity contribution in [2.45, 2.75) is 0 Å². The molecule has 0 unspecified atom stereocenters. The molecule has 0 N–H and O–H groups in total. The highest BCUT2D eigenvalue weighted by atomic mass is 32.1. The molecule has 9 rings (SSSR count). The molecule has 202 valence electrons. The first-order valence-electron chi connectivity index (χ1n) is 14.5. The summed E-state index contributed by atoms with van der Waals surface area (Å²) in [5.74, 6) is 0. The number of hydrogen-bond acceptors (Lipinski definition) is 3. The Morgan fingerprint density at radius 3 is 2.05 bits per heavy atom. The van der Waals surface area contributed by atoms with Crippen molar-refractivity contribution in [3.63, 3.8) is 0 Å². The van der Waals surface area contributed by atoms with Crippen LogP contribution in [0.25, 0.3) is 64.0 Å². The normalized spacial score (nSPS) is 11.7. The third-order valence-corrected chi connectivity index (χ3v) is 9.65. The Kier molecular flexibility index (Phi) is 5.40. The Hall–Kier alpha value is -5.38. The minimum Gasteiger partial charge on any atom is -0.455 e. The van der Waals surface area contributed by atoms with Crippen LogP contribution >= 0.6 is 11.3 Å². The third-order valence-electron chi connectivity index (χ3n) is 8.45. The maximum Gasteiger partial charge on any atom is 0.144 e. The number of thiophene rings is 1. The van der Waals surface area contributed by atoms with Gasteiger partial charge in [-0.2, -0.15) is 0 Å². The van der Waals surface area contributed by atoms with Gasteiger partial charge in [0, 0.05) is 53.3 Å². The molecule has 0 aliphatic heterocycles. The van der Waals surface area contributed by atoms with E-state index in [2.05, 4.69) is 150 Å². The number of benzene rings is 7. The minimum absolute atomic E-state index is 0.926. The van der Waals surface area contributed by atoms with Gasteiger partial charge in [0.1, 0.15) is 11.2 Å². The zero-order valence-electron chi connectivity index (χ0n) is 23.2. The first kappa shape index (κ1) is 24.2. The molecule has 3 heteroatoms. The molecule has 0 saturated heterocycles. The lowest BCUT2D eigenvalue weighted by Crippen LogP contribution is -2.10. The van der Waals surface area contributed by atoms with E-state index in [0.717, 1.165) is 39.0 Å². The molecule has 0 bridgehead atoms. The summed E-state index contributed by atoms with van der Waals surface area (Å²) in [6, 6.07) is 54.1. The molecule has 0 saturated carbocycles. The van der Waals surface area contributed by atoms with Gasteiger partial charge in [-0.05, 0) is 59.5 Å². The fraction of sp³-hybridized carbons (Fsp3) is 0. The summed E-state index contributed by atoms with van der Waals surface area (Å²) in [7, 11) is 0. The highest BCUT2D eigenvalue weighted by molar-refractivity contribution is 7.26. The molecule has 0 amide bonds. The summed E-state index contributed by atoms with van der Waals surface area (Å²) in [5, 5.41) is 7.21. The van der Waals surface area contributed by atoms with Crippen LogP contribution in [0.15, 0.2) is 156 Å². The van der Waals surface area contributed by atoms with Crippen molar-refractivity contribution in [2.24, 2.45) is 0 Å². The van der Waals surface area contributed by atoms with Crippen molar-refractivity contribution < 1.29 is 4.42 Å². The van der Waals surface area contributed by atoms with Gasteiger partial charge in [-0.15, -0.1) is 11.3 Å². The molecule has 43 heavy (non-hydrogen) atoms. The van der Waals surface area contributed by atoms with Crippen LogP contribution in [0.4, 0.5) is 17.1 Å². The molecular weight excluding hydrogens is 543 g/mol. The fourth-order valence-electron chi connectivity index (χ4n) is 6.48. The van der Waals surface area contributed by atoms with E-state index < -0.39 is 0 Å². The van der Waals surface area contributed by atoms with Crippen molar-refractivity contribution in [1.82, 2.24) is 0 Å². The average molecular weight is 568 g/mol. The average Bonchev–Trinajstić information content (AvgIpc) is 3.64. The summed E-state index contributed by atoms with van der Waals surface area (Å²) >= 11 is 1.84. The Labute approximate surface area is 252 Å². The maximum absolute atomic E-state index is 6.51. The van der Waals surface area contributed by atoms with E-state index in [1.54, 1.807) is 0 Å². The van der Waals surface area contributed by atoms with Gasteiger partial charge >= 0.3 is 0 Å². The quantitative estimate of drug-likeness (QED) is 0.210. The Morgan fingerprint density at radius 2 is 1.19 bits per heavy atom. The summed E-state index contributed by atoms with van der Waals surface area (Å²) in [6.07, 6.45) is 0. The molecule has 0 fully saturated rings. The van der Waals surface area contributed by atoms with Crippen LogP contribution in [0.3, 0.4) is 0 Å². The van der Waals surface area contributed by atoms with Crippen LogP contribution in [0.1, 0.15) is 0 Å². The molecule has 0 aliphatic rings. The highest BCUT2D eigenvalue weighted by Crippen LogP contribution is 2.47. The topological polar surface area (TPSA) is 16.4 Å². The minimum atomic E-state index is 0.926. The number of hydrogen-bond donors (Lipinski definition) is 0. The molecule has 2 heterocycles. The van der Waals surface area contributed by atoms with Gasteiger partial charge in [-0.3, -0.25) is 0 Å². The fourth-order valence-corrected chi connectivity index (χ4v) is 7.71. The van der Waals surface area contributed by atoms with E-state index in [4.69, 9.17) is 4.42 Å². The first-order chi connectivity index (χ1) is 21.3. The highest BCUT2D eigenvalue weighted by Gasteiger charge is 2.20. The lowest BCUT2D eigenvalue weighted by molar-refractivity contribution is 0.673. The van der Waals surface area contributed by atoms with Crippen molar-refractivity contribution in [3.05, 3.63) is 152 Å². The van der Waals surface area contributed by atoms with E-state index in [1.165, 1.54) is 42.1 Å². The lowest BCUT2D eigenvalue weighted by atomic mass is 9.98. The Balaban J connectivity index is 1.26. The van der Waals surface area contributed by atoms with Gasteiger partial charge in [0.25, 0.3) is 0 Å².